The van der Waals surface area contributed by atoms with Crippen LogP contribution in [0.15, 0.2) is 30.7 Å². The molecule has 2 aromatic rings. The third-order valence-corrected chi connectivity index (χ3v) is 3.61. The molecule has 5 nitrogen and oxygen atoms in total. The lowest BCUT2D eigenvalue weighted by Crippen LogP contribution is -2.28. The Morgan fingerprint density at radius 1 is 1.52 bits per heavy atom. The van der Waals surface area contributed by atoms with Gasteiger partial charge in [-0.15, -0.1) is 0 Å². The van der Waals surface area contributed by atoms with Gasteiger partial charge in [0.15, 0.2) is 0 Å². The molecule has 1 aliphatic heterocycles. The van der Waals surface area contributed by atoms with Crippen LogP contribution < -0.4 is 4.74 Å². The molecule has 0 aliphatic carbocycles. The monoisotopic (exact) mass is 290 g/mol. The molecule has 0 spiro atoms. The maximum absolute atomic E-state index is 13.6. The van der Waals surface area contributed by atoms with Gasteiger partial charge < -0.3 is 14.0 Å². The van der Waals surface area contributed by atoms with Crippen molar-refractivity contribution < 1.29 is 18.7 Å². The summed E-state index contributed by atoms with van der Waals surface area (Å²) >= 11 is 0. The summed E-state index contributed by atoms with van der Waals surface area (Å²) in [4.78, 5) is 15.8. The van der Waals surface area contributed by atoms with Crippen LogP contribution >= 0.6 is 0 Å². The minimum Gasteiger partial charge on any atom is -0.490 e. The highest BCUT2D eigenvalue weighted by atomic mass is 19.1. The smallest absolute Gasteiger partial charge is 0.356 e. The topological polar surface area (TPSA) is 53.3 Å². The number of imidazole rings is 1. The molecular weight excluding hydrogens is 275 g/mol. The summed E-state index contributed by atoms with van der Waals surface area (Å²) in [6, 6.07) is 4.20. The molecule has 0 bridgehead atoms. The van der Waals surface area contributed by atoms with Crippen molar-refractivity contribution in [2.24, 2.45) is 0 Å². The maximum atomic E-state index is 13.6. The Morgan fingerprint density at radius 2 is 2.33 bits per heavy atom. The molecule has 6 heteroatoms. The van der Waals surface area contributed by atoms with E-state index in [1.165, 1.54) is 25.4 Å². The Kier molecular flexibility index (Phi) is 3.37. The van der Waals surface area contributed by atoms with Crippen LogP contribution in [-0.2, 0) is 4.74 Å². The highest BCUT2D eigenvalue weighted by Gasteiger charge is 2.30. The van der Waals surface area contributed by atoms with E-state index in [0.29, 0.717) is 23.4 Å². The van der Waals surface area contributed by atoms with Crippen LogP contribution in [0.4, 0.5) is 4.39 Å². The molecule has 21 heavy (non-hydrogen) atoms. The first-order chi connectivity index (χ1) is 10.1. The quantitative estimate of drug-likeness (QED) is 0.798. The maximum Gasteiger partial charge on any atom is 0.356 e. The second-order valence-electron chi connectivity index (χ2n) is 5.04. The SMILES string of the molecule is COC(=O)c1cncn1[C@H]1C[C@H](C)Oc2ccc(F)cc21. The standard InChI is InChI=1S/C15H15FN2O3/c1-9-5-12(11-6-10(16)3-4-14(11)21-9)18-8-17-7-13(18)15(19)20-2/h3-4,6-9,12H,5H2,1-2H3/t9-,12-/m0/s1. The van der Waals surface area contributed by atoms with Gasteiger partial charge in [0.05, 0.1) is 31.8 Å². The number of carbonyl (C=O) groups is 1. The van der Waals surface area contributed by atoms with E-state index in [-0.39, 0.29) is 18.0 Å². The average Bonchev–Trinajstić information content (AvgIpc) is 2.95. The van der Waals surface area contributed by atoms with Crippen molar-refractivity contribution in [2.45, 2.75) is 25.5 Å². The molecule has 1 aliphatic rings. The van der Waals surface area contributed by atoms with Crippen LogP contribution in [0.3, 0.4) is 0 Å². The third-order valence-electron chi connectivity index (χ3n) is 3.61. The molecule has 1 aromatic carbocycles. The number of aromatic nitrogens is 2. The van der Waals surface area contributed by atoms with Crippen LogP contribution in [0.25, 0.3) is 0 Å². The van der Waals surface area contributed by atoms with Gasteiger partial charge in [-0.25, -0.2) is 14.2 Å². The van der Waals surface area contributed by atoms with E-state index in [2.05, 4.69) is 4.98 Å². The lowest BCUT2D eigenvalue weighted by atomic mass is 9.96. The van der Waals surface area contributed by atoms with E-state index in [9.17, 15) is 9.18 Å². The predicted molar refractivity (Wildman–Crippen MR) is 72.8 cm³/mol. The van der Waals surface area contributed by atoms with Gasteiger partial charge in [0, 0.05) is 12.0 Å². The Balaban J connectivity index is 2.09. The van der Waals surface area contributed by atoms with Gasteiger partial charge in [-0.3, -0.25) is 0 Å². The van der Waals surface area contributed by atoms with Crippen LogP contribution in [0, 0.1) is 5.82 Å². The van der Waals surface area contributed by atoms with Crippen molar-refractivity contribution in [1.29, 1.82) is 0 Å². The highest BCUT2D eigenvalue weighted by Crippen LogP contribution is 2.38. The van der Waals surface area contributed by atoms with Gasteiger partial charge in [0.25, 0.3) is 0 Å². The molecule has 0 saturated carbocycles. The summed E-state index contributed by atoms with van der Waals surface area (Å²) in [6.07, 6.45) is 3.59. The summed E-state index contributed by atoms with van der Waals surface area (Å²) < 4.78 is 25.8. The van der Waals surface area contributed by atoms with E-state index < -0.39 is 5.97 Å². The average molecular weight is 290 g/mol. The lowest BCUT2D eigenvalue weighted by molar-refractivity contribution is 0.0583. The number of rotatable bonds is 2. The Bertz CT molecular complexity index is 683. The van der Waals surface area contributed by atoms with Crippen molar-refractivity contribution >= 4 is 5.97 Å². The normalized spacial score (nSPS) is 20.5. The van der Waals surface area contributed by atoms with Gasteiger partial charge >= 0.3 is 5.97 Å². The van der Waals surface area contributed by atoms with E-state index >= 15 is 0 Å². The number of fused-ring (bicyclic) bond motifs is 1. The van der Waals surface area contributed by atoms with Crippen LogP contribution in [0.2, 0.25) is 0 Å². The van der Waals surface area contributed by atoms with E-state index in [4.69, 9.17) is 9.47 Å². The van der Waals surface area contributed by atoms with E-state index in [0.717, 1.165) is 0 Å². The second-order valence-corrected chi connectivity index (χ2v) is 5.04. The predicted octanol–water partition coefficient (Wildman–Crippen LogP) is 2.57. The van der Waals surface area contributed by atoms with E-state index in [1.807, 2.05) is 6.92 Å². The van der Waals surface area contributed by atoms with Crippen molar-refractivity contribution in [3.05, 3.63) is 47.8 Å². The van der Waals surface area contributed by atoms with Crippen LogP contribution in [-0.4, -0.2) is 28.7 Å². The summed E-state index contributed by atoms with van der Waals surface area (Å²) in [7, 11) is 1.32. The molecule has 0 saturated heterocycles. The van der Waals surface area contributed by atoms with E-state index in [1.54, 1.807) is 17.0 Å². The van der Waals surface area contributed by atoms with Gasteiger partial charge in [0.1, 0.15) is 17.3 Å². The van der Waals surface area contributed by atoms with Crippen LogP contribution in [0.5, 0.6) is 5.75 Å². The first-order valence-corrected chi connectivity index (χ1v) is 6.66. The summed E-state index contributed by atoms with van der Waals surface area (Å²) in [5.74, 6) is -0.175. The van der Waals surface area contributed by atoms with Gasteiger partial charge in [-0.1, -0.05) is 0 Å². The Labute approximate surface area is 121 Å². The number of hydrogen-bond donors (Lipinski definition) is 0. The van der Waals surface area contributed by atoms with Gasteiger partial charge in [-0.2, -0.15) is 0 Å². The zero-order valence-corrected chi connectivity index (χ0v) is 11.7. The zero-order chi connectivity index (χ0) is 15.0. The first-order valence-electron chi connectivity index (χ1n) is 6.66. The molecule has 2 atom stereocenters. The highest BCUT2D eigenvalue weighted by molar-refractivity contribution is 5.87. The fraction of sp³-hybridized carbons (Fsp3) is 0.333. The number of halogens is 1. The van der Waals surface area contributed by atoms with Gasteiger partial charge in [-0.05, 0) is 25.1 Å². The zero-order valence-electron chi connectivity index (χ0n) is 11.7. The fourth-order valence-electron chi connectivity index (χ4n) is 2.67. The molecule has 3 rings (SSSR count). The molecule has 0 fully saturated rings. The number of ether oxygens (including phenoxy) is 2. The minimum absolute atomic E-state index is 0.0409. The van der Waals surface area contributed by atoms with Crippen molar-refractivity contribution in [1.82, 2.24) is 9.55 Å². The molecule has 1 aromatic heterocycles. The molecule has 0 unspecified atom stereocenters. The molecule has 2 heterocycles. The van der Waals surface area contributed by atoms with Crippen molar-refractivity contribution in [3.8, 4) is 5.75 Å². The number of esters is 1. The van der Waals surface area contributed by atoms with Crippen molar-refractivity contribution in [2.75, 3.05) is 7.11 Å². The summed E-state index contributed by atoms with van der Waals surface area (Å²) in [6.45, 7) is 1.94. The fourth-order valence-corrected chi connectivity index (χ4v) is 2.67. The second kappa shape index (κ2) is 5.20. The molecule has 110 valence electrons. The number of methoxy groups -OCH3 is 1. The number of benzene rings is 1. The Hall–Kier alpha value is -2.37. The largest absolute Gasteiger partial charge is 0.490 e. The number of hydrogen-bond acceptors (Lipinski definition) is 4. The summed E-state index contributed by atoms with van der Waals surface area (Å²) in [5, 5.41) is 0. The molecule has 0 N–H and O–H groups in total. The first kappa shape index (κ1) is 13.6. The van der Waals surface area contributed by atoms with Crippen LogP contribution in [0.1, 0.15) is 35.4 Å². The number of carbonyl (C=O) groups excluding carboxylic acids is 1. The Morgan fingerprint density at radius 3 is 3.10 bits per heavy atom. The molecule has 0 amide bonds. The third kappa shape index (κ3) is 2.37. The molecule has 0 radical (unpaired) electrons. The number of nitrogens with zero attached hydrogens (tertiary/aromatic N) is 2. The lowest BCUT2D eigenvalue weighted by Gasteiger charge is -2.31. The molecular formula is C15H15FN2O3. The van der Waals surface area contributed by atoms with Gasteiger partial charge in [0.2, 0.25) is 0 Å². The summed E-state index contributed by atoms with van der Waals surface area (Å²) in [5.41, 5.74) is 1.04. The minimum atomic E-state index is -0.468. The van der Waals surface area contributed by atoms with Crippen molar-refractivity contribution in [3.63, 3.8) is 0 Å².